The molecule has 0 radical (unpaired) electrons. The molecule has 0 aromatic heterocycles. The van der Waals surface area contributed by atoms with E-state index in [1.54, 1.807) is 7.11 Å². The molecule has 0 fully saturated rings. The monoisotopic (exact) mass is 295 g/mol. The maximum atomic E-state index is 11.1. The zero-order chi connectivity index (χ0) is 15.3. The van der Waals surface area contributed by atoms with Gasteiger partial charge in [0.1, 0.15) is 10.7 Å². The number of rotatable bonds is 7. The van der Waals surface area contributed by atoms with E-state index in [0.29, 0.717) is 11.5 Å². The van der Waals surface area contributed by atoms with Gasteiger partial charge < -0.3 is 16.2 Å². The normalized spacial score (nSPS) is 10.8. The van der Waals surface area contributed by atoms with Gasteiger partial charge in [0.15, 0.2) is 0 Å². The predicted molar refractivity (Wildman–Crippen MR) is 83.6 cm³/mol. The van der Waals surface area contributed by atoms with E-state index in [1.807, 2.05) is 36.9 Å². The summed E-state index contributed by atoms with van der Waals surface area (Å²) in [5.74, 6) is 0.378. The first-order valence-electron chi connectivity index (χ1n) is 6.34. The van der Waals surface area contributed by atoms with Crippen LogP contribution in [-0.2, 0) is 11.3 Å². The summed E-state index contributed by atoms with van der Waals surface area (Å²) in [6.45, 7) is 4.75. The number of hydrogen-bond acceptors (Lipinski definition) is 4. The molecule has 0 saturated heterocycles. The van der Waals surface area contributed by atoms with E-state index >= 15 is 0 Å². The van der Waals surface area contributed by atoms with Crippen molar-refractivity contribution in [2.75, 3.05) is 13.7 Å². The van der Waals surface area contributed by atoms with Gasteiger partial charge in [0, 0.05) is 23.7 Å². The van der Waals surface area contributed by atoms with Gasteiger partial charge in [-0.3, -0.25) is 9.69 Å². The van der Waals surface area contributed by atoms with Crippen LogP contribution in [0.3, 0.4) is 0 Å². The minimum absolute atomic E-state index is 0.181. The fraction of sp³-hybridized carbons (Fsp3) is 0.429. The third-order valence-corrected chi connectivity index (χ3v) is 3.26. The van der Waals surface area contributed by atoms with Crippen molar-refractivity contribution in [1.82, 2.24) is 4.90 Å². The zero-order valence-corrected chi connectivity index (χ0v) is 12.9. The highest BCUT2D eigenvalue weighted by Gasteiger charge is 2.16. The number of thiocarbonyl (C=S) groups is 1. The summed E-state index contributed by atoms with van der Waals surface area (Å²) in [4.78, 5) is 13.4. The van der Waals surface area contributed by atoms with E-state index < -0.39 is 0 Å². The van der Waals surface area contributed by atoms with E-state index in [2.05, 4.69) is 0 Å². The second-order valence-corrected chi connectivity index (χ2v) is 5.30. The number of nitrogens with two attached hydrogens (primary N) is 2. The standard InChI is InChI=1S/C14H21N3O2S/c1-9(2)17(8-13(15)18)7-11-6-10(14(16)20)4-5-12(11)19-3/h4-6,9H,7-8H2,1-3H3,(H2,15,18)(H2,16,20). The van der Waals surface area contributed by atoms with Crippen molar-refractivity contribution in [2.24, 2.45) is 11.5 Å². The van der Waals surface area contributed by atoms with Crippen LogP contribution >= 0.6 is 12.2 Å². The maximum Gasteiger partial charge on any atom is 0.231 e. The van der Waals surface area contributed by atoms with Gasteiger partial charge in [-0.05, 0) is 32.0 Å². The van der Waals surface area contributed by atoms with Gasteiger partial charge in [0.25, 0.3) is 0 Å². The Morgan fingerprint density at radius 3 is 2.50 bits per heavy atom. The van der Waals surface area contributed by atoms with Crippen LogP contribution < -0.4 is 16.2 Å². The van der Waals surface area contributed by atoms with Crippen LogP contribution in [0.15, 0.2) is 18.2 Å². The van der Waals surface area contributed by atoms with Crippen molar-refractivity contribution < 1.29 is 9.53 Å². The Balaban J connectivity index is 3.05. The molecule has 1 amide bonds. The van der Waals surface area contributed by atoms with Crippen molar-refractivity contribution >= 4 is 23.1 Å². The summed E-state index contributed by atoms with van der Waals surface area (Å²) in [5, 5.41) is 0. The van der Waals surface area contributed by atoms with E-state index in [-0.39, 0.29) is 18.5 Å². The first kappa shape index (κ1) is 16.4. The molecule has 0 aliphatic rings. The van der Waals surface area contributed by atoms with Gasteiger partial charge in [-0.1, -0.05) is 12.2 Å². The van der Waals surface area contributed by atoms with Gasteiger partial charge in [0.2, 0.25) is 5.91 Å². The molecular formula is C14H21N3O2S. The molecule has 0 bridgehead atoms. The summed E-state index contributed by atoms with van der Waals surface area (Å²) >= 11 is 4.99. The van der Waals surface area contributed by atoms with Gasteiger partial charge in [-0.15, -0.1) is 0 Å². The molecule has 0 heterocycles. The lowest BCUT2D eigenvalue weighted by Crippen LogP contribution is -2.38. The molecule has 6 heteroatoms. The topological polar surface area (TPSA) is 81.6 Å². The zero-order valence-electron chi connectivity index (χ0n) is 12.1. The Kier molecular flexibility index (Phi) is 5.91. The number of carbonyl (C=O) groups excluding carboxylic acids is 1. The molecule has 4 N–H and O–H groups in total. The smallest absolute Gasteiger partial charge is 0.231 e. The second kappa shape index (κ2) is 7.21. The molecule has 0 aliphatic carbocycles. The number of hydrogen-bond donors (Lipinski definition) is 2. The van der Waals surface area contributed by atoms with Crippen molar-refractivity contribution in [3.05, 3.63) is 29.3 Å². The van der Waals surface area contributed by atoms with Crippen LogP contribution in [0, 0.1) is 0 Å². The Morgan fingerprint density at radius 2 is 2.05 bits per heavy atom. The molecule has 0 saturated carbocycles. The van der Waals surface area contributed by atoms with E-state index in [1.165, 1.54) is 0 Å². The highest BCUT2D eigenvalue weighted by molar-refractivity contribution is 7.80. The Hall–Kier alpha value is -1.66. The number of benzene rings is 1. The Morgan fingerprint density at radius 1 is 1.40 bits per heavy atom. The average molecular weight is 295 g/mol. The Labute approximate surface area is 124 Å². The van der Waals surface area contributed by atoms with Crippen LogP contribution in [-0.4, -0.2) is 35.5 Å². The average Bonchev–Trinajstić information content (AvgIpc) is 2.37. The molecule has 0 spiro atoms. The number of nitrogens with zero attached hydrogens (tertiary/aromatic N) is 1. The number of carbonyl (C=O) groups is 1. The van der Waals surface area contributed by atoms with Crippen molar-refractivity contribution in [3.63, 3.8) is 0 Å². The summed E-state index contributed by atoms with van der Waals surface area (Å²) in [6, 6.07) is 5.71. The molecule has 0 atom stereocenters. The highest BCUT2D eigenvalue weighted by atomic mass is 32.1. The van der Waals surface area contributed by atoms with E-state index in [4.69, 9.17) is 28.4 Å². The summed E-state index contributed by atoms with van der Waals surface area (Å²) in [7, 11) is 1.60. The van der Waals surface area contributed by atoms with Crippen LogP contribution in [0.25, 0.3) is 0 Å². The molecular weight excluding hydrogens is 274 g/mol. The predicted octanol–water partition coefficient (Wildman–Crippen LogP) is 1.03. The number of methoxy groups -OCH3 is 1. The van der Waals surface area contributed by atoms with Crippen LogP contribution in [0.5, 0.6) is 5.75 Å². The fourth-order valence-electron chi connectivity index (χ4n) is 1.90. The van der Waals surface area contributed by atoms with E-state index in [9.17, 15) is 4.79 Å². The molecule has 1 rings (SSSR count). The minimum atomic E-state index is -0.358. The second-order valence-electron chi connectivity index (χ2n) is 4.86. The molecule has 110 valence electrons. The van der Waals surface area contributed by atoms with Gasteiger partial charge >= 0.3 is 0 Å². The molecule has 0 aliphatic heterocycles. The van der Waals surface area contributed by atoms with Crippen molar-refractivity contribution in [2.45, 2.75) is 26.4 Å². The number of primary amides is 1. The van der Waals surface area contributed by atoms with Crippen molar-refractivity contribution in [1.29, 1.82) is 0 Å². The van der Waals surface area contributed by atoms with Gasteiger partial charge in [-0.2, -0.15) is 0 Å². The van der Waals surface area contributed by atoms with E-state index in [0.717, 1.165) is 16.9 Å². The van der Waals surface area contributed by atoms with Crippen molar-refractivity contribution in [3.8, 4) is 5.75 Å². The molecule has 5 nitrogen and oxygen atoms in total. The minimum Gasteiger partial charge on any atom is -0.496 e. The number of amides is 1. The first-order chi connectivity index (χ1) is 9.35. The van der Waals surface area contributed by atoms with Crippen LogP contribution in [0.1, 0.15) is 25.0 Å². The Bertz CT molecular complexity index is 503. The van der Waals surface area contributed by atoms with Gasteiger partial charge in [-0.25, -0.2) is 0 Å². The van der Waals surface area contributed by atoms with Crippen LogP contribution in [0.2, 0.25) is 0 Å². The lowest BCUT2D eigenvalue weighted by molar-refractivity contribution is -0.119. The third-order valence-electron chi connectivity index (χ3n) is 3.03. The summed E-state index contributed by atoms with van der Waals surface area (Å²) in [6.07, 6.45) is 0. The molecule has 0 unspecified atom stereocenters. The third kappa shape index (κ3) is 4.47. The van der Waals surface area contributed by atoms with Gasteiger partial charge in [0.05, 0.1) is 13.7 Å². The SMILES string of the molecule is COc1ccc(C(N)=S)cc1CN(CC(N)=O)C(C)C. The number of ether oxygens (including phenoxy) is 1. The van der Waals surface area contributed by atoms with Crippen LogP contribution in [0.4, 0.5) is 0 Å². The maximum absolute atomic E-state index is 11.1. The highest BCUT2D eigenvalue weighted by Crippen LogP contribution is 2.22. The summed E-state index contributed by atoms with van der Waals surface area (Å²) in [5.41, 5.74) is 12.6. The first-order valence-corrected chi connectivity index (χ1v) is 6.75. The largest absolute Gasteiger partial charge is 0.496 e. The lowest BCUT2D eigenvalue weighted by atomic mass is 10.1. The quantitative estimate of drug-likeness (QED) is 0.734. The molecule has 1 aromatic rings. The summed E-state index contributed by atoms with van der Waals surface area (Å²) < 4.78 is 5.34. The molecule has 1 aromatic carbocycles. The fourth-order valence-corrected chi connectivity index (χ4v) is 2.02. The molecule has 20 heavy (non-hydrogen) atoms. The lowest BCUT2D eigenvalue weighted by Gasteiger charge is -2.26.